The number of rotatable bonds is 3. The Hall–Kier alpha value is -2.14. The molecule has 2 heterocycles. The standard InChI is InChI=1S/C17H22N4O/c1-19(2)13-17(22)21-11-9-20(10-12-21)16-8-7-14-5-3-4-6-15(14)18-16/h3-8H,9-13H2,1-2H3. The lowest BCUT2D eigenvalue weighted by atomic mass is 10.2. The average Bonchev–Trinajstić information content (AvgIpc) is 2.54. The van der Waals surface area contributed by atoms with E-state index in [-0.39, 0.29) is 5.91 Å². The van der Waals surface area contributed by atoms with Crippen LogP contribution >= 0.6 is 0 Å². The molecule has 0 atom stereocenters. The number of piperazine rings is 1. The Morgan fingerprint density at radius 1 is 1.09 bits per heavy atom. The van der Waals surface area contributed by atoms with Crippen molar-refractivity contribution >= 4 is 22.6 Å². The molecular weight excluding hydrogens is 276 g/mol. The van der Waals surface area contributed by atoms with Gasteiger partial charge in [-0.1, -0.05) is 18.2 Å². The zero-order chi connectivity index (χ0) is 15.5. The van der Waals surface area contributed by atoms with E-state index in [1.807, 2.05) is 42.1 Å². The van der Waals surface area contributed by atoms with Crippen molar-refractivity contribution in [1.82, 2.24) is 14.8 Å². The van der Waals surface area contributed by atoms with E-state index in [4.69, 9.17) is 4.98 Å². The first-order valence-corrected chi connectivity index (χ1v) is 7.67. The minimum atomic E-state index is 0.205. The summed E-state index contributed by atoms with van der Waals surface area (Å²) in [5, 5.41) is 1.16. The van der Waals surface area contributed by atoms with Gasteiger partial charge in [0.2, 0.25) is 5.91 Å². The molecule has 1 aromatic carbocycles. The number of hydrogen-bond donors (Lipinski definition) is 0. The van der Waals surface area contributed by atoms with E-state index < -0.39 is 0 Å². The molecule has 2 aromatic rings. The summed E-state index contributed by atoms with van der Waals surface area (Å²) in [5.74, 6) is 1.20. The summed E-state index contributed by atoms with van der Waals surface area (Å²) in [5.41, 5.74) is 1.02. The van der Waals surface area contributed by atoms with Gasteiger partial charge in [-0.15, -0.1) is 0 Å². The summed E-state index contributed by atoms with van der Waals surface area (Å²) >= 11 is 0. The number of likely N-dealkylation sites (N-methyl/N-ethyl adjacent to an activating group) is 1. The van der Waals surface area contributed by atoms with Crippen LogP contribution in [0.2, 0.25) is 0 Å². The third-order valence-electron chi connectivity index (χ3n) is 3.99. The minimum Gasteiger partial charge on any atom is -0.353 e. The fraction of sp³-hybridized carbons (Fsp3) is 0.412. The number of amides is 1. The number of benzene rings is 1. The molecule has 1 aromatic heterocycles. The molecule has 0 aliphatic carbocycles. The van der Waals surface area contributed by atoms with Crippen molar-refractivity contribution in [3.05, 3.63) is 36.4 Å². The number of hydrogen-bond acceptors (Lipinski definition) is 4. The van der Waals surface area contributed by atoms with Crippen LogP contribution in [-0.4, -0.2) is 67.5 Å². The topological polar surface area (TPSA) is 39.7 Å². The molecule has 1 saturated heterocycles. The van der Waals surface area contributed by atoms with Crippen molar-refractivity contribution in [2.24, 2.45) is 0 Å². The summed E-state index contributed by atoms with van der Waals surface area (Å²) in [4.78, 5) is 22.9. The normalized spacial score (nSPS) is 15.6. The van der Waals surface area contributed by atoms with E-state index in [1.165, 1.54) is 0 Å². The lowest BCUT2D eigenvalue weighted by molar-refractivity contribution is -0.132. The molecule has 1 fully saturated rings. The van der Waals surface area contributed by atoms with Crippen LogP contribution in [0.4, 0.5) is 5.82 Å². The molecule has 22 heavy (non-hydrogen) atoms. The predicted molar refractivity (Wildman–Crippen MR) is 89.1 cm³/mol. The fourth-order valence-corrected chi connectivity index (χ4v) is 2.79. The van der Waals surface area contributed by atoms with Crippen LogP contribution < -0.4 is 4.90 Å². The highest BCUT2D eigenvalue weighted by Gasteiger charge is 2.22. The largest absolute Gasteiger partial charge is 0.353 e. The van der Waals surface area contributed by atoms with Gasteiger partial charge >= 0.3 is 0 Å². The summed E-state index contributed by atoms with van der Waals surface area (Å²) in [6, 6.07) is 12.3. The van der Waals surface area contributed by atoms with E-state index in [1.54, 1.807) is 0 Å². The van der Waals surface area contributed by atoms with E-state index in [0.29, 0.717) is 6.54 Å². The smallest absolute Gasteiger partial charge is 0.236 e. The maximum absolute atomic E-state index is 12.1. The minimum absolute atomic E-state index is 0.205. The Kier molecular flexibility index (Phi) is 4.24. The average molecular weight is 298 g/mol. The number of carbonyl (C=O) groups is 1. The van der Waals surface area contributed by atoms with Crippen molar-refractivity contribution in [3.8, 4) is 0 Å². The summed E-state index contributed by atoms with van der Waals surface area (Å²) < 4.78 is 0. The Bertz CT molecular complexity index is 663. The lowest BCUT2D eigenvalue weighted by Crippen LogP contribution is -2.50. The van der Waals surface area contributed by atoms with Gasteiger partial charge in [-0.05, 0) is 32.3 Å². The van der Waals surface area contributed by atoms with Gasteiger partial charge in [0.05, 0.1) is 12.1 Å². The number of nitrogens with zero attached hydrogens (tertiary/aromatic N) is 4. The third kappa shape index (κ3) is 3.20. The molecule has 0 N–H and O–H groups in total. The summed E-state index contributed by atoms with van der Waals surface area (Å²) in [6.07, 6.45) is 0. The number of carbonyl (C=O) groups excluding carboxylic acids is 1. The van der Waals surface area contributed by atoms with Crippen LogP contribution in [0.25, 0.3) is 10.9 Å². The quantitative estimate of drug-likeness (QED) is 0.860. The van der Waals surface area contributed by atoms with Gasteiger partial charge < -0.3 is 14.7 Å². The number of aromatic nitrogens is 1. The van der Waals surface area contributed by atoms with Gasteiger partial charge in [-0.25, -0.2) is 4.98 Å². The molecule has 0 unspecified atom stereocenters. The Morgan fingerprint density at radius 2 is 1.82 bits per heavy atom. The Morgan fingerprint density at radius 3 is 2.55 bits per heavy atom. The van der Waals surface area contributed by atoms with Gasteiger partial charge in [0.25, 0.3) is 0 Å². The SMILES string of the molecule is CN(C)CC(=O)N1CCN(c2ccc3ccccc3n2)CC1. The van der Waals surface area contributed by atoms with Crippen LogP contribution in [0.1, 0.15) is 0 Å². The number of para-hydroxylation sites is 1. The highest BCUT2D eigenvalue weighted by Crippen LogP contribution is 2.19. The molecule has 1 aliphatic rings. The molecule has 0 spiro atoms. The van der Waals surface area contributed by atoms with Crippen LogP contribution in [0, 0.1) is 0 Å². The van der Waals surface area contributed by atoms with Crippen LogP contribution in [0.3, 0.4) is 0 Å². The van der Waals surface area contributed by atoms with Gasteiger partial charge in [0, 0.05) is 31.6 Å². The fourth-order valence-electron chi connectivity index (χ4n) is 2.79. The van der Waals surface area contributed by atoms with Crippen molar-refractivity contribution < 1.29 is 4.79 Å². The van der Waals surface area contributed by atoms with Crippen LogP contribution in [-0.2, 0) is 4.79 Å². The van der Waals surface area contributed by atoms with E-state index in [2.05, 4.69) is 23.1 Å². The van der Waals surface area contributed by atoms with Crippen LogP contribution in [0.15, 0.2) is 36.4 Å². The monoisotopic (exact) mass is 298 g/mol. The zero-order valence-corrected chi connectivity index (χ0v) is 13.2. The highest BCUT2D eigenvalue weighted by molar-refractivity contribution is 5.80. The Labute approximate surface area is 131 Å². The van der Waals surface area contributed by atoms with Crippen molar-refractivity contribution in [1.29, 1.82) is 0 Å². The number of pyridine rings is 1. The van der Waals surface area contributed by atoms with Crippen LogP contribution in [0.5, 0.6) is 0 Å². The highest BCUT2D eigenvalue weighted by atomic mass is 16.2. The van der Waals surface area contributed by atoms with Crippen molar-refractivity contribution in [2.75, 3.05) is 51.7 Å². The first-order valence-electron chi connectivity index (χ1n) is 7.67. The van der Waals surface area contributed by atoms with E-state index >= 15 is 0 Å². The van der Waals surface area contributed by atoms with Gasteiger partial charge in [-0.3, -0.25) is 4.79 Å². The van der Waals surface area contributed by atoms with Crippen molar-refractivity contribution in [3.63, 3.8) is 0 Å². The van der Waals surface area contributed by atoms with Crippen molar-refractivity contribution in [2.45, 2.75) is 0 Å². The molecule has 3 rings (SSSR count). The number of anilines is 1. The lowest BCUT2D eigenvalue weighted by Gasteiger charge is -2.36. The van der Waals surface area contributed by atoms with Gasteiger partial charge in [-0.2, -0.15) is 0 Å². The number of fused-ring (bicyclic) bond motifs is 1. The molecule has 116 valence electrons. The maximum atomic E-state index is 12.1. The Balaban J connectivity index is 1.66. The summed E-state index contributed by atoms with van der Waals surface area (Å²) in [6.45, 7) is 3.69. The molecular formula is C17H22N4O. The third-order valence-corrected chi connectivity index (χ3v) is 3.99. The summed E-state index contributed by atoms with van der Waals surface area (Å²) in [7, 11) is 3.85. The maximum Gasteiger partial charge on any atom is 0.236 e. The second-order valence-corrected chi connectivity index (χ2v) is 5.97. The first-order chi connectivity index (χ1) is 10.6. The predicted octanol–water partition coefficient (Wildman–Crippen LogP) is 1.44. The molecule has 5 heteroatoms. The zero-order valence-electron chi connectivity index (χ0n) is 13.2. The van der Waals surface area contributed by atoms with Gasteiger partial charge in [0.15, 0.2) is 0 Å². The molecule has 0 saturated carbocycles. The second kappa shape index (κ2) is 6.32. The van der Waals surface area contributed by atoms with E-state index in [0.717, 1.165) is 42.9 Å². The van der Waals surface area contributed by atoms with Gasteiger partial charge in [0.1, 0.15) is 5.82 Å². The molecule has 5 nitrogen and oxygen atoms in total. The molecule has 1 aliphatic heterocycles. The second-order valence-electron chi connectivity index (χ2n) is 5.97. The molecule has 1 amide bonds. The molecule has 0 bridgehead atoms. The first kappa shape index (κ1) is 14.8. The molecule has 0 radical (unpaired) electrons. The van der Waals surface area contributed by atoms with E-state index in [9.17, 15) is 4.79 Å².